The molecule has 4 heteroatoms. The third kappa shape index (κ3) is 4.10. The Labute approximate surface area is 110 Å². The van der Waals surface area contributed by atoms with E-state index in [1.807, 2.05) is 12.5 Å². The van der Waals surface area contributed by atoms with Gasteiger partial charge >= 0.3 is 0 Å². The molecule has 0 atom stereocenters. The minimum Gasteiger partial charge on any atom is -0.334 e. The van der Waals surface area contributed by atoms with Crippen LogP contribution in [0.2, 0.25) is 0 Å². The maximum absolute atomic E-state index is 4.18. The van der Waals surface area contributed by atoms with Crippen molar-refractivity contribution in [2.24, 2.45) is 0 Å². The molecule has 18 heavy (non-hydrogen) atoms. The van der Waals surface area contributed by atoms with Crippen molar-refractivity contribution < 1.29 is 0 Å². The summed E-state index contributed by atoms with van der Waals surface area (Å²) < 4.78 is 2.19. The van der Waals surface area contributed by atoms with Crippen molar-refractivity contribution in [2.45, 2.75) is 45.7 Å². The molecule has 0 amide bonds. The standard InChI is InChI=1S/C14H26N4/c1-2-18-13-16-12-14(18)11-15-7-6-10-17-8-4-3-5-9-17/h12-13,15H,2-11H2,1H3. The Bertz CT molecular complexity index is 328. The molecule has 1 aliphatic rings. The van der Waals surface area contributed by atoms with E-state index < -0.39 is 0 Å². The highest BCUT2D eigenvalue weighted by atomic mass is 15.1. The van der Waals surface area contributed by atoms with Gasteiger partial charge in [0.15, 0.2) is 0 Å². The number of likely N-dealkylation sites (tertiary alicyclic amines) is 1. The Balaban J connectivity index is 1.55. The molecule has 0 radical (unpaired) electrons. The number of imidazole rings is 1. The van der Waals surface area contributed by atoms with E-state index in [4.69, 9.17) is 0 Å². The summed E-state index contributed by atoms with van der Waals surface area (Å²) in [6.07, 6.45) is 9.33. The van der Waals surface area contributed by atoms with Crippen LogP contribution in [0.25, 0.3) is 0 Å². The monoisotopic (exact) mass is 250 g/mol. The summed E-state index contributed by atoms with van der Waals surface area (Å²) in [7, 11) is 0. The predicted molar refractivity (Wildman–Crippen MR) is 74.5 cm³/mol. The lowest BCUT2D eigenvalue weighted by Gasteiger charge is -2.26. The average molecular weight is 250 g/mol. The Morgan fingerprint density at radius 1 is 1.28 bits per heavy atom. The van der Waals surface area contributed by atoms with Gasteiger partial charge in [0.05, 0.1) is 12.0 Å². The fourth-order valence-electron chi connectivity index (χ4n) is 2.61. The van der Waals surface area contributed by atoms with E-state index in [0.717, 1.165) is 19.6 Å². The van der Waals surface area contributed by atoms with Gasteiger partial charge in [-0.05, 0) is 52.4 Å². The van der Waals surface area contributed by atoms with Crippen molar-refractivity contribution in [1.82, 2.24) is 19.8 Å². The molecular weight excluding hydrogens is 224 g/mol. The largest absolute Gasteiger partial charge is 0.334 e. The van der Waals surface area contributed by atoms with Crippen LogP contribution in [-0.2, 0) is 13.1 Å². The first-order chi connectivity index (χ1) is 8.90. The molecular formula is C14H26N4. The number of rotatable bonds is 7. The topological polar surface area (TPSA) is 33.1 Å². The van der Waals surface area contributed by atoms with Crippen molar-refractivity contribution in [3.05, 3.63) is 18.2 Å². The Morgan fingerprint density at radius 2 is 2.11 bits per heavy atom. The van der Waals surface area contributed by atoms with Gasteiger partial charge in [-0.1, -0.05) is 6.42 Å². The Morgan fingerprint density at radius 3 is 2.89 bits per heavy atom. The summed E-state index contributed by atoms with van der Waals surface area (Å²) in [5.41, 5.74) is 1.29. The van der Waals surface area contributed by atoms with Crippen LogP contribution < -0.4 is 5.32 Å². The van der Waals surface area contributed by atoms with Gasteiger partial charge in [-0.25, -0.2) is 4.98 Å². The molecule has 0 unspecified atom stereocenters. The van der Waals surface area contributed by atoms with Crippen LogP contribution in [0, 0.1) is 0 Å². The first-order valence-corrected chi connectivity index (χ1v) is 7.32. The fraction of sp³-hybridized carbons (Fsp3) is 0.786. The third-order valence-electron chi connectivity index (χ3n) is 3.72. The summed E-state index contributed by atoms with van der Waals surface area (Å²) in [6.45, 7) is 9.07. The molecule has 1 aromatic rings. The number of aryl methyl sites for hydroxylation is 1. The zero-order valence-electron chi connectivity index (χ0n) is 11.6. The van der Waals surface area contributed by atoms with Crippen LogP contribution in [-0.4, -0.2) is 40.6 Å². The second-order valence-electron chi connectivity index (χ2n) is 5.10. The van der Waals surface area contributed by atoms with Crippen molar-refractivity contribution in [3.8, 4) is 0 Å². The molecule has 0 saturated carbocycles. The van der Waals surface area contributed by atoms with Gasteiger partial charge in [0.25, 0.3) is 0 Å². The molecule has 1 aliphatic heterocycles. The number of piperidine rings is 1. The van der Waals surface area contributed by atoms with Gasteiger partial charge in [0.2, 0.25) is 0 Å². The Kier molecular flexibility index (Phi) is 5.68. The third-order valence-corrected chi connectivity index (χ3v) is 3.72. The zero-order valence-corrected chi connectivity index (χ0v) is 11.6. The van der Waals surface area contributed by atoms with Crippen molar-refractivity contribution in [2.75, 3.05) is 26.2 Å². The molecule has 0 bridgehead atoms. The lowest BCUT2D eigenvalue weighted by atomic mass is 10.1. The highest BCUT2D eigenvalue weighted by Gasteiger charge is 2.08. The SMILES string of the molecule is CCn1cncc1CNCCCN1CCCCC1. The molecule has 0 aliphatic carbocycles. The van der Waals surface area contributed by atoms with Gasteiger partial charge in [-0.3, -0.25) is 0 Å². The van der Waals surface area contributed by atoms with Gasteiger partial charge < -0.3 is 14.8 Å². The molecule has 1 N–H and O–H groups in total. The van der Waals surface area contributed by atoms with Crippen molar-refractivity contribution >= 4 is 0 Å². The number of nitrogens with one attached hydrogen (secondary N) is 1. The van der Waals surface area contributed by atoms with Gasteiger partial charge in [-0.2, -0.15) is 0 Å². The quantitative estimate of drug-likeness (QED) is 0.750. The number of nitrogens with zero attached hydrogens (tertiary/aromatic N) is 3. The molecule has 2 heterocycles. The summed E-state index contributed by atoms with van der Waals surface area (Å²) in [4.78, 5) is 6.78. The lowest BCUT2D eigenvalue weighted by molar-refractivity contribution is 0.225. The molecule has 1 aromatic heterocycles. The number of hydrogen-bond donors (Lipinski definition) is 1. The van der Waals surface area contributed by atoms with Crippen LogP contribution >= 0.6 is 0 Å². The first kappa shape index (κ1) is 13.6. The maximum Gasteiger partial charge on any atom is 0.0948 e. The maximum atomic E-state index is 4.18. The smallest absolute Gasteiger partial charge is 0.0948 e. The van der Waals surface area contributed by atoms with Crippen LogP contribution in [0.5, 0.6) is 0 Å². The van der Waals surface area contributed by atoms with Gasteiger partial charge in [-0.15, -0.1) is 0 Å². The molecule has 1 fully saturated rings. The van der Waals surface area contributed by atoms with E-state index in [1.54, 1.807) is 0 Å². The fourth-order valence-corrected chi connectivity index (χ4v) is 2.61. The van der Waals surface area contributed by atoms with E-state index in [-0.39, 0.29) is 0 Å². The van der Waals surface area contributed by atoms with Crippen LogP contribution in [0.4, 0.5) is 0 Å². The normalized spacial score (nSPS) is 17.2. The second kappa shape index (κ2) is 7.54. The molecule has 0 aromatic carbocycles. The molecule has 4 nitrogen and oxygen atoms in total. The van der Waals surface area contributed by atoms with Crippen molar-refractivity contribution in [3.63, 3.8) is 0 Å². The van der Waals surface area contributed by atoms with Crippen LogP contribution in [0.15, 0.2) is 12.5 Å². The minimum atomic E-state index is 0.938. The van der Waals surface area contributed by atoms with Gasteiger partial charge in [0, 0.05) is 19.3 Å². The molecule has 0 spiro atoms. The highest BCUT2D eigenvalue weighted by molar-refractivity contribution is 4.97. The molecule has 2 rings (SSSR count). The van der Waals surface area contributed by atoms with E-state index in [2.05, 4.69) is 26.7 Å². The summed E-state index contributed by atoms with van der Waals surface area (Å²) >= 11 is 0. The predicted octanol–water partition coefficient (Wildman–Crippen LogP) is 1.87. The second-order valence-corrected chi connectivity index (χ2v) is 5.10. The van der Waals surface area contributed by atoms with Crippen molar-refractivity contribution in [1.29, 1.82) is 0 Å². The number of hydrogen-bond acceptors (Lipinski definition) is 3. The first-order valence-electron chi connectivity index (χ1n) is 7.32. The lowest BCUT2D eigenvalue weighted by Crippen LogP contribution is -2.32. The zero-order chi connectivity index (χ0) is 12.6. The summed E-state index contributed by atoms with van der Waals surface area (Å²) in [6, 6.07) is 0. The number of aromatic nitrogens is 2. The molecule has 1 saturated heterocycles. The van der Waals surface area contributed by atoms with E-state index in [0.29, 0.717) is 0 Å². The van der Waals surface area contributed by atoms with Crippen LogP contribution in [0.3, 0.4) is 0 Å². The van der Waals surface area contributed by atoms with Crippen LogP contribution in [0.1, 0.15) is 38.3 Å². The molecule has 102 valence electrons. The average Bonchev–Trinajstić information content (AvgIpc) is 2.87. The summed E-state index contributed by atoms with van der Waals surface area (Å²) in [5, 5.41) is 3.51. The minimum absolute atomic E-state index is 0.938. The Hall–Kier alpha value is -0.870. The summed E-state index contributed by atoms with van der Waals surface area (Å²) in [5.74, 6) is 0. The van der Waals surface area contributed by atoms with Gasteiger partial charge in [0.1, 0.15) is 0 Å². The van der Waals surface area contributed by atoms with E-state index in [1.165, 1.54) is 51.0 Å². The highest BCUT2D eigenvalue weighted by Crippen LogP contribution is 2.08. The van der Waals surface area contributed by atoms with E-state index in [9.17, 15) is 0 Å². The van der Waals surface area contributed by atoms with E-state index >= 15 is 0 Å².